The molecule has 0 spiro atoms. The third-order valence-corrected chi connectivity index (χ3v) is 6.85. The Labute approximate surface area is 166 Å². The average molecular weight is 403 g/mol. The molecule has 1 atom stereocenters. The van der Waals surface area contributed by atoms with Gasteiger partial charge in [0.05, 0.1) is 4.90 Å². The fourth-order valence-corrected chi connectivity index (χ4v) is 5.10. The van der Waals surface area contributed by atoms with E-state index in [0.29, 0.717) is 22.9 Å². The SMILES string of the molecule is Cc1cc(C)c(C)c(S(=O)(=O)Nc2ccc(NC(=O)C3CCCO3)cc2)c1C. The maximum Gasteiger partial charge on any atom is 0.262 e. The first-order chi connectivity index (χ1) is 13.2. The van der Waals surface area contributed by atoms with E-state index in [1.165, 1.54) is 0 Å². The minimum absolute atomic E-state index is 0.174. The van der Waals surface area contributed by atoms with Crippen LogP contribution in [-0.2, 0) is 19.6 Å². The molecule has 0 aromatic heterocycles. The number of hydrogen-bond acceptors (Lipinski definition) is 4. The van der Waals surface area contributed by atoms with Crippen LogP contribution >= 0.6 is 0 Å². The highest BCUT2D eigenvalue weighted by Gasteiger charge is 2.24. The van der Waals surface area contributed by atoms with E-state index in [-0.39, 0.29) is 5.91 Å². The van der Waals surface area contributed by atoms with Gasteiger partial charge < -0.3 is 10.1 Å². The molecule has 1 unspecified atom stereocenters. The number of anilines is 2. The lowest BCUT2D eigenvalue weighted by Crippen LogP contribution is -2.26. The van der Waals surface area contributed by atoms with Crippen molar-refractivity contribution in [2.75, 3.05) is 16.6 Å². The number of rotatable bonds is 5. The normalized spacial score (nSPS) is 16.8. The van der Waals surface area contributed by atoms with Crippen molar-refractivity contribution in [2.45, 2.75) is 51.5 Å². The molecule has 28 heavy (non-hydrogen) atoms. The highest BCUT2D eigenvalue weighted by atomic mass is 32.2. The lowest BCUT2D eigenvalue weighted by Gasteiger charge is -2.17. The minimum atomic E-state index is -3.73. The number of nitrogens with one attached hydrogen (secondary N) is 2. The van der Waals surface area contributed by atoms with Crippen molar-refractivity contribution in [1.82, 2.24) is 0 Å². The van der Waals surface area contributed by atoms with Crippen LogP contribution in [0.2, 0.25) is 0 Å². The second-order valence-corrected chi connectivity index (χ2v) is 8.88. The molecule has 0 bridgehead atoms. The molecule has 3 rings (SSSR count). The van der Waals surface area contributed by atoms with Gasteiger partial charge in [-0.1, -0.05) is 6.07 Å². The molecule has 2 aromatic carbocycles. The summed E-state index contributed by atoms with van der Waals surface area (Å²) in [5, 5.41) is 2.80. The summed E-state index contributed by atoms with van der Waals surface area (Å²) in [4.78, 5) is 12.4. The van der Waals surface area contributed by atoms with Gasteiger partial charge in [0, 0.05) is 18.0 Å². The van der Waals surface area contributed by atoms with Crippen LogP contribution in [0, 0.1) is 27.7 Å². The largest absolute Gasteiger partial charge is 0.368 e. The molecule has 1 amide bonds. The Bertz CT molecular complexity index is 966. The zero-order valence-electron chi connectivity index (χ0n) is 16.6. The Hall–Kier alpha value is -2.38. The summed E-state index contributed by atoms with van der Waals surface area (Å²) in [5.74, 6) is -0.174. The molecule has 1 fully saturated rings. The first-order valence-electron chi connectivity index (χ1n) is 9.32. The zero-order chi connectivity index (χ0) is 20.5. The standard InChI is InChI=1S/C21H26N2O4S/c1-13-12-14(2)16(4)20(15(13)3)28(25,26)23-18-9-7-17(8-10-18)22-21(24)19-6-5-11-27-19/h7-10,12,19,23H,5-6,11H2,1-4H3,(H,22,24). The van der Waals surface area contributed by atoms with E-state index < -0.39 is 16.1 Å². The Kier molecular flexibility index (Phi) is 5.76. The molecule has 1 saturated heterocycles. The second-order valence-electron chi connectivity index (χ2n) is 7.26. The number of carbonyl (C=O) groups excluding carboxylic acids is 1. The molecule has 1 heterocycles. The van der Waals surface area contributed by atoms with Gasteiger partial charge in [0.15, 0.2) is 0 Å². The van der Waals surface area contributed by atoms with Crippen LogP contribution in [0.3, 0.4) is 0 Å². The summed E-state index contributed by atoms with van der Waals surface area (Å²) < 4.78 is 34.0. The highest BCUT2D eigenvalue weighted by molar-refractivity contribution is 7.92. The number of hydrogen-bond donors (Lipinski definition) is 2. The van der Waals surface area contributed by atoms with Gasteiger partial charge in [-0.05, 0) is 87.1 Å². The molecular formula is C21H26N2O4S. The molecule has 6 nitrogen and oxygen atoms in total. The molecule has 150 valence electrons. The molecule has 7 heteroatoms. The van der Waals surface area contributed by atoms with Crippen molar-refractivity contribution in [3.63, 3.8) is 0 Å². The van der Waals surface area contributed by atoms with Gasteiger partial charge in [-0.3, -0.25) is 9.52 Å². The van der Waals surface area contributed by atoms with Gasteiger partial charge in [0.25, 0.3) is 15.9 Å². The summed E-state index contributed by atoms with van der Waals surface area (Å²) in [5.41, 5.74) is 4.41. The van der Waals surface area contributed by atoms with E-state index in [1.54, 1.807) is 24.3 Å². The molecule has 1 aliphatic heterocycles. The predicted octanol–water partition coefficient (Wildman–Crippen LogP) is 3.84. The van der Waals surface area contributed by atoms with Crippen LogP contribution in [0.1, 0.15) is 35.1 Å². The summed E-state index contributed by atoms with van der Waals surface area (Å²) in [6, 6.07) is 8.61. The minimum Gasteiger partial charge on any atom is -0.368 e. The number of ether oxygens (including phenoxy) is 1. The van der Waals surface area contributed by atoms with Crippen LogP contribution in [0.5, 0.6) is 0 Å². The van der Waals surface area contributed by atoms with Gasteiger partial charge in [-0.15, -0.1) is 0 Å². The Morgan fingerprint density at radius 1 is 1.00 bits per heavy atom. The zero-order valence-corrected chi connectivity index (χ0v) is 17.4. The van der Waals surface area contributed by atoms with Gasteiger partial charge >= 0.3 is 0 Å². The van der Waals surface area contributed by atoms with Crippen LogP contribution in [0.4, 0.5) is 11.4 Å². The first kappa shape index (κ1) is 20.4. The van der Waals surface area contributed by atoms with E-state index in [9.17, 15) is 13.2 Å². The van der Waals surface area contributed by atoms with Crippen LogP contribution in [0.25, 0.3) is 0 Å². The van der Waals surface area contributed by atoms with Crippen molar-refractivity contribution >= 4 is 27.3 Å². The quantitative estimate of drug-likeness (QED) is 0.796. The van der Waals surface area contributed by atoms with Crippen molar-refractivity contribution in [1.29, 1.82) is 0 Å². The second kappa shape index (κ2) is 7.93. The van der Waals surface area contributed by atoms with E-state index in [1.807, 2.05) is 33.8 Å². The first-order valence-corrected chi connectivity index (χ1v) is 10.8. The molecule has 0 aliphatic carbocycles. The Morgan fingerprint density at radius 2 is 1.57 bits per heavy atom. The third kappa shape index (κ3) is 4.20. The van der Waals surface area contributed by atoms with Gasteiger partial charge in [0.2, 0.25) is 0 Å². The van der Waals surface area contributed by atoms with Crippen LogP contribution in [-0.4, -0.2) is 27.0 Å². The topological polar surface area (TPSA) is 84.5 Å². The van der Waals surface area contributed by atoms with Gasteiger partial charge in [-0.2, -0.15) is 0 Å². The fourth-order valence-electron chi connectivity index (χ4n) is 3.42. The number of benzene rings is 2. The number of sulfonamides is 1. The Morgan fingerprint density at radius 3 is 2.11 bits per heavy atom. The van der Waals surface area contributed by atoms with Crippen LogP contribution < -0.4 is 10.0 Å². The monoisotopic (exact) mass is 402 g/mol. The molecule has 0 radical (unpaired) electrons. The fraction of sp³-hybridized carbons (Fsp3) is 0.381. The van der Waals surface area contributed by atoms with Gasteiger partial charge in [0.1, 0.15) is 6.10 Å². The van der Waals surface area contributed by atoms with E-state index in [2.05, 4.69) is 10.0 Å². The third-order valence-electron chi connectivity index (χ3n) is 5.19. The Balaban J connectivity index is 1.77. The molecule has 1 aliphatic rings. The summed E-state index contributed by atoms with van der Waals surface area (Å²) in [6.45, 7) is 8.06. The number of amides is 1. The highest BCUT2D eigenvalue weighted by Crippen LogP contribution is 2.28. The molecular weight excluding hydrogens is 376 g/mol. The number of carbonyl (C=O) groups is 1. The van der Waals surface area contributed by atoms with Crippen molar-refractivity contribution in [3.8, 4) is 0 Å². The smallest absolute Gasteiger partial charge is 0.262 e. The van der Waals surface area contributed by atoms with Gasteiger partial charge in [-0.25, -0.2) is 8.42 Å². The van der Waals surface area contributed by atoms with Crippen molar-refractivity contribution < 1.29 is 17.9 Å². The van der Waals surface area contributed by atoms with E-state index >= 15 is 0 Å². The summed E-state index contributed by atoms with van der Waals surface area (Å²) >= 11 is 0. The maximum atomic E-state index is 13.0. The van der Waals surface area contributed by atoms with Crippen LogP contribution in [0.15, 0.2) is 35.2 Å². The molecule has 0 saturated carbocycles. The van der Waals surface area contributed by atoms with E-state index in [0.717, 1.165) is 35.1 Å². The van der Waals surface area contributed by atoms with Crippen molar-refractivity contribution in [3.05, 3.63) is 52.6 Å². The summed E-state index contributed by atoms with van der Waals surface area (Å²) in [6.07, 6.45) is 1.20. The molecule has 2 N–H and O–H groups in total. The number of aryl methyl sites for hydroxylation is 2. The maximum absolute atomic E-state index is 13.0. The van der Waals surface area contributed by atoms with E-state index in [4.69, 9.17) is 4.74 Å². The predicted molar refractivity (Wildman–Crippen MR) is 110 cm³/mol. The molecule has 2 aromatic rings. The lowest BCUT2D eigenvalue weighted by molar-refractivity contribution is -0.124. The average Bonchev–Trinajstić information content (AvgIpc) is 3.16. The van der Waals surface area contributed by atoms with Crippen molar-refractivity contribution in [2.24, 2.45) is 0 Å². The lowest BCUT2D eigenvalue weighted by atomic mass is 10.0. The summed E-state index contributed by atoms with van der Waals surface area (Å²) in [7, 11) is -3.73.